The highest BCUT2D eigenvalue weighted by Gasteiger charge is 2.24. The van der Waals surface area contributed by atoms with Crippen LogP contribution < -0.4 is 0 Å². The van der Waals surface area contributed by atoms with E-state index in [1.165, 1.54) is 98.7 Å². The van der Waals surface area contributed by atoms with Crippen molar-refractivity contribution in [3.63, 3.8) is 0 Å². The van der Waals surface area contributed by atoms with Crippen LogP contribution in [-0.4, -0.2) is 14.1 Å². The summed E-state index contributed by atoms with van der Waals surface area (Å²) in [6.45, 7) is 0. The highest BCUT2D eigenvalue weighted by molar-refractivity contribution is 6.22. The molecule has 11 aromatic rings. The molecule has 8 aromatic carbocycles. The lowest BCUT2D eigenvalue weighted by molar-refractivity contribution is 1.18. The summed E-state index contributed by atoms with van der Waals surface area (Å²) >= 11 is 0. The minimum Gasteiger partial charge on any atom is -0.309 e. The maximum Gasteiger partial charge on any atom is 0.0793 e. The van der Waals surface area contributed by atoms with E-state index in [1.54, 1.807) is 0 Å². The molecule has 1 aliphatic rings. The molecular weight excluding hydrogens is 631 g/mol. The van der Waals surface area contributed by atoms with Crippen LogP contribution in [0.4, 0.5) is 0 Å². The summed E-state index contributed by atoms with van der Waals surface area (Å²) < 4.78 is 4.82. The molecule has 52 heavy (non-hydrogen) atoms. The molecule has 3 aromatic heterocycles. The van der Waals surface area contributed by atoms with Gasteiger partial charge >= 0.3 is 0 Å². The van der Waals surface area contributed by atoms with Gasteiger partial charge in [0.2, 0.25) is 0 Å². The number of para-hydroxylation sites is 2. The monoisotopic (exact) mass is 659 g/mol. The SMILES string of the molecule is c1ccc(-n2c3ccc(-c4ccc5c(c4)c4ccccc4n5-c4ccc5c(c4)-c4nccc6cccc-5c46)cc3c3c4ccccc4ccc32)cc1. The van der Waals surface area contributed by atoms with Gasteiger partial charge in [-0.2, -0.15) is 0 Å². The molecule has 0 saturated carbocycles. The summed E-state index contributed by atoms with van der Waals surface area (Å²) in [7, 11) is 0. The molecule has 0 amide bonds. The van der Waals surface area contributed by atoms with Crippen LogP contribution in [-0.2, 0) is 0 Å². The molecular formula is C49H29N3. The van der Waals surface area contributed by atoms with Crippen LogP contribution in [0, 0.1) is 0 Å². The van der Waals surface area contributed by atoms with Crippen molar-refractivity contribution in [2.45, 2.75) is 0 Å². The number of benzene rings is 8. The summed E-state index contributed by atoms with van der Waals surface area (Å²) in [6.07, 6.45) is 1.93. The van der Waals surface area contributed by atoms with Crippen LogP contribution in [0.3, 0.4) is 0 Å². The van der Waals surface area contributed by atoms with Crippen LogP contribution in [0.15, 0.2) is 176 Å². The fourth-order valence-electron chi connectivity index (χ4n) is 9.02. The smallest absolute Gasteiger partial charge is 0.0793 e. The molecule has 12 rings (SSSR count). The second-order valence-electron chi connectivity index (χ2n) is 14.0. The summed E-state index contributed by atoms with van der Waals surface area (Å²) in [5.41, 5.74) is 14.3. The first-order valence-electron chi connectivity index (χ1n) is 17.9. The zero-order valence-corrected chi connectivity index (χ0v) is 28.1. The molecule has 0 radical (unpaired) electrons. The quantitative estimate of drug-likeness (QED) is 0.185. The standard InChI is InChI=1S/C49H29N3/c1-2-11-34(12-3-1)51-45-23-19-33(28-42(45)48-36-13-5-4-9-30(36)17-24-46(48)51)32-18-22-44-40(27-32)38-14-6-7-16-43(38)52(44)35-20-21-37-39-15-8-10-31-25-26-50-49(47(31)39)41(37)29-35/h1-29H. The minimum absolute atomic E-state index is 1.07. The van der Waals surface area contributed by atoms with Gasteiger partial charge in [-0.25, -0.2) is 0 Å². The van der Waals surface area contributed by atoms with Crippen LogP contribution >= 0.6 is 0 Å². The number of rotatable bonds is 3. The first kappa shape index (κ1) is 27.8. The Morgan fingerprint density at radius 3 is 1.92 bits per heavy atom. The van der Waals surface area contributed by atoms with Crippen LogP contribution in [0.25, 0.3) is 110 Å². The van der Waals surface area contributed by atoms with E-state index in [9.17, 15) is 0 Å². The molecule has 0 aliphatic heterocycles. The first-order chi connectivity index (χ1) is 25.8. The summed E-state index contributed by atoms with van der Waals surface area (Å²) in [4.78, 5) is 4.88. The van der Waals surface area contributed by atoms with E-state index in [0.717, 1.165) is 11.4 Å². The largest absolute Gasteiger partial charge is 0.309 e. The Labute approximate surface area is 299 Å². The number of hydrogen-bond donors (Lipinski definition) is 0. The van der Waals surface area contributed by atoms with E-state index in [2.05, 4.69) is 179 Å². The average molecular weight is 660 g/mol. The molecule has 0 fully saturated rings. The van der Waals surface area contributed by atoms with Gasteiger partial charge in [-0.1, -0.05) is 103 Å². The number of aromatic nitrogens is 3. The van der Waals surface area contributed by atoms with Crippen molar-refractivity contribution in [1.82, 2.24) is 14.1 Å². The van der Waals surface area contributed by atoms with Crippen molar-refractivity contribution in [3.05, 3.63) is 176 Å². The van der Waals surface area contributed by atoms with Gasteiger partial charge < -0.3 is 9.13 Å². The Morgan fingerprint density at radius 2 is 1.04 bits per heavy atom. The number of pyridine rings is 1. The molecule has 3 nitrogen and oxygen atoms in total. The number of hydrogen-bond acceptors (Lipinski definition) is 1. The van der Waals surface area contributed by atoms with Crippen LogP contribution in [0.2, 0.25) is 0 Å². The van der Waals surface area contributed by atoms with Gasteiger partial charge in [0.1, 0.15) is 0 Å². The Kier molecular flexibility index (Phi) is 5.50. The minimum atomic E-state index is 1.07. The van der Waals surface area contributed by atoms with Gasteiger partial charge in [0.05, 0.1) is 27.8 Å². The lowest BCUT2D eigenvalue weighted by Crippen LogP contribution is -1.95. The molecule has 0 spiro atoms. The second-order valence-corrected chi connectivity index (χ2v) is 14.0. The Bertz CT molecular complexity index is 3280. The van der Waals surface area contributed by atoms with Crippen molar-refractivity contribution in [3.8, 4) is 44.9 Å². The van der Waals surface area contributed by atoms with Gasteiger partial charge in [0.15, 0.2) is 0 Å². The van der Waals surface area contributed by atoms with Crippen LogP contribution in [0.5, 0.6) is 0 Å². The molecule has 0 N–H and O–H groups in total. The zero-order valence-electron chi connectivity index (χ0n) is 28.1. The third-order valence-electron chi connectivity index (χ3n) is 11.3. The maximum atomic E-state index is 4.88. The number of fused-ring (bicyclic) bond motifs is 11. The Balaban J connectivity index is 1.07. The van der Waals surface area contributed by atoms with E-state index < -0.39 is 0 Å². The highest BCUT2D eigenvalue weighted by atomic mass is 15.0. The Hall–Kier alpha value is -6.97. The van der Waals surface area contributed by atoms with Gasteiger partial charge in [0, 0.05) is 50.1 Å². The molecule has 3 heteroatoms. The number of nitrogens with zero attached hydrogens (tertiary/aromatic N) is 3. The van der Waals surface area contributed by atoms with E-state index in [0.29, 0.717) is 0 Å². The molecule has 0 bridgehead atoms. The highest BCUT2D eigenvalue weighted by Crippen LogP contribution is 2.47. The predicted molar refractivity (Wildman–Crippen MR) is 218 cm³/mol. The fourth-order valence-corrected chi connectivity index (χ4v) is 9.02. The van der Waals surface area contributed by atoms with E-state index in [1.807, 2.05) is 6.20 Å². The van der Waals surface area contributed by atoms with E-state index in [-0.39, 0.29) is 0 Å². The van der Waals surface area contributed by atoms with E-state index in [4.69, 9.17) is 4.98 Å². The normalized spacial score (nSPS) is 12.2. The maximum absolute atomic E-state index is 4.88. The third-order valence-corrected chi connectivity index (χ3v) is 11.3. The fraction of sp³-hybridized carbons (Fsp3) is 0. The molecule has 0 saturated heterocycles. The average Bonchev–Trinajstić information content (AvgIpc) is 3.84. The van der Waals surface area contributed by atoms with Crippen molar-refractivity contribution >= 4 is 65.2 Å². The summed E-state index contributed by atoms with van der Waals surface area (Å²) in [6, 6.07) is 62.3. The predicted octanol–water partition coefficient (Wildman–Crippen LogP) is 12.9. The van der Waals surface area contributed by atoms with Gasteiger partial charge in [-0.3, -0.25) is 4.98 Å². The summed E-state index contributed by atoms with van der Waals surface area (Å²) in [5.74, 6) is 0. The van der Waals surface area contributed by atoms with Crippen molar-refractivity contribution in [1.29, 1.82) is 0 Å². The van der Waals surface area contributed by atoms with Crippen LogP contribution in [0.1, 0.15) is 0 Å². The zero-order chi connectivity index (χ0) is 33.9. The lowest BCUT2D eigenvalue weighted by Gasteiger charge is -2.11. The van der Waals surface area contributed by atoms with Gasteiger partial charge in [0.25, 0.3) is 0 Å². The van der Waals surface area contributed by atoms with E-state index >= 15 is 0 Å². The third kappa shape index (κ3) is 3.72. The Morgan fingerprint density at radius 1 is 0.346 bits per heavy atom. The lowest BCUT2D eigenvalue weighted by atomic mass is 9.99. The molecule has 3 heterocycles. The molecule has 240 valence electrons. The first-order valence-corrected chi connectivity index (χ1v) is 17.9. The van der Waals surface area contributed by atoms with Crippen molar-refractivity contribution < 1.29 is 0 Å². The van der Waals surface area contributed by atoms with Crippen molar-refractivity contribution in [2.24, 2.45) is 0 Å². The summed E-state index contributed by atoms with van der Waals surface area (Å²) in [5, 5.41) is 10.1. The van der Waals surface area contributed by atoms with Crippen molar-refractivity contribution in [2.75, 3.05) is 0 Å². The second kappa shape index (κ2) is 10.3. The topological polar surface area (TPSA) is 22.8 Å². The van der Waals surface area contributed by atoms with Gasteiger partial charge in [-0.05, 0) is 105 Å². The van der Waals surface area contributed by atoms with Gasteiger partial charge in [-0.15, -0.1) is 0 Å². The molecule has 1 aliphatic carbocycles. The molecule has 0 unspecified atom stereocenters. The molecule has 0 atom stereocenters.